The van der Waals surface area contributed by atoms with Gasteiger partial charge in [-0.3, -0.25) is 19.5 Å². The van der Waals surface area contributed by atoms with Crippen molar-refractivity contribution in [1.82, 2.24) is 4.90 Å². The molecule has 1 fully saturated rings. The van der Waals surface area contributed by atoms with Crippen molar-refractivity contribution in [2.75, 3.05) is 25.0 Å². The summed E-state index contributed by atoms with van der Waals surface area (Å²) in [6.07, 6.45) is 0.412. The van der Waals surface area contributed by atoms with E-state index in [0.29, 0.717) is 29.4 Å². The topological polar surface area (TPSA) is 61.8 Å². The Balaban J connectivity index is 1.48. The lowest BCUT2D eigenvalue weighted by molar-refractivity contribution is -0.117. The number of benzene rings is 2. The number of aliphatic imine (C=N–C) groups is 1. The average molecular weight is 418 g/mol. The molecule has 150 valence electrons. The molecule has 5 nitrogen and oxygen atoms in total. The van der Waals surface area contributed by atoms with Crippen LogP contribution in [0.3, 0.4) is 0 Å². The van der Waals surface area contributed by atoms with E-state index in [1.54, 1.807) is 18.2 Å². The van der Waals surface area contributed by atoms with Gasteiger partial charge in [-0.05, 0) is 43.2 Å². The van der Waals surface area contributed by atoms with E-state index < -0.39 is 23.3 Å². The van der Waals surface area contributed by atoms with Crippen LogP contribution in [0, 0.1) is 24.5 Å². The zero-order valence-corrected chi connectivity index (χ0v) is 16.4. The zero-order chi connectivity index (χ0) is 20.7. The minimum atomic E-state index is -0.777. The molecule has 2 heterocycles. The Bertz CT molecular complexity index is 1050. The maximum absolute atomic E-state index is 14.1. The van der Waals surface area contributed by atoms with Crippen molar-refractivity contribution in [2.24, 2.45) is 10.9 Å². The summed E-state index contributed by atoms with van der Waals surface area (Å²) >= 11 is 6.08. The first-order valence-electron chi connectivity index (χ1n) is 9.22. The Morgan fingerprint density at radius 1 is 1.28 bits per heavy atom. The number of fused-ring (bicyclic) bond motifs is 2. The van der Waals surface area contributed by atoms with E-state index in [-0.39, 0.29) is 30.2 Å². The number of anilines is 1. The van der Waals surface area contributed by atoms with Gasteiger partial charge in [-0.15, -0.1) is 0 Å². The highest BCUT2D eigenvalue weighted by atomic mass is 35.5. The Morgan fingerprint density at radius 3 is 2.83 bits per heavy atom. The molecular weight excluding hydrogens is 400 g/mol. The van der Waals surface area contributed by atoms with Crippen molar-refractivity contribution in [3.05, 3.63) is 58.1 Å². The second-order valence-corrected chi connectivity index (χ2v) is 7.63. The Labute approximate surface area is 171 Å². The fourth-order valence-electron chi connectivity index (χ4n) is 3.75. The van der Waals surface area contributed by atoms with Gasteiger partial charge < -0.3 is 5.32 Å². The van der Waals surface area contributed by atoms with Gasteiger partial charge in [0.15, 0.2) is 5.78 Å². The fraction of sp³-hybridized carbons (Fsp3) is 0.286. The van der Waals surface area contributed by atoms with E-state index >= 15 is 0 Å². The van der Waals surface area contributed by atoms with Crippen LogP contribution in [-0.4, -0.2) is 41.9 Å². The zero-order valence-electron chi connectivity index (χ0n) is 15.6. The lowest BCUT2D eigenvalue weighted by atomic mass is 9.84. The number of carbonyl (C=O) groups excluding carboxylic acids is 2. The number of hydrogen-bond donors (Lipinski definition) is 1. The summed E-state index contributed by atoms with van der Waals surface area (Å²) in [6, 6.07) is 7.17. The van der Waals surface area contributed by atoms with E-state index in [0.717, 1.165) is 17.7 Å². The van der Waals surface area contributed by atoms with Gasteiger partial charge in [-0.25, -0.2) is 8.78 Å². The number of nitrogens with one attached hydrogen (secondary N) is 1. The lowest BCUT2D eigenvalue weighted by Crippen LogP contribution is -2.48. The SMILES string of the molecule is Cc1c(Cl)cccc1NC(=O)CN1CCC2=Nc3c(F)ccc(F)c3C(=O)C2C1. The van der Waals surface area contributed by atoms with Crippen LogP contribution >= 0.6 is 11.6 Å². The molecule has 1 unspecified atom stereocenters. The third-order valence-corrected chi connectivity index (χ3v) is 5.74. The predicted molar refractivity (Wildman–Crippen MR) is 107 cm³/mol. The molecule has 2 aliphatic heterocycles. The van der Waals surface area contributed by atoms with E-state index in [4.69, 9.17) is 11.6 Å². The van der Waals surface area contributed by atoms with E-state index in [1.165, 1.54) is 0 Å². The van der Waals surface area contributed by atoms with Gasteiger partial charge in [0, 0.05) is 29.5 Å². The number of piperidine rings is 1. The number of halogens is 3. The van der Waals surface area contributed by atoms with E-state index in [2.05, 4.69) is 10.3 Å². The number of likely N-dealkylation sites (tertiary alicyclic amines) is 1. The normalized spacial score (nSPS) is 18.7. The number of Topliss-reactive ketones (excluding diaryl/α,β-unsaturated/α-hetero) is 1. The van der Waals surface area contributed by atoms with Crippen LogP contribution in [0.5, 0.6) is 0 Å². The van der Waals surface area contributed by atoms with Gasteiger partial charge in [-0.1, -0.05) is 17.7 Å². The van der Waals surface area contributed by atoms with E-state index in [1.807, 2.05) is 11.8 Å². The predicted octanol–water partition coefficient (Wildman–Crippen LogP) is 4.16. The third-order valence-electron chi connectivity index (χ3n) is 5.33. The summed E-state index contributed by atoms with van der Waals surface area (Å²) in [5, 5.41) is 3.38. The smallest absolute Gasteiger partial charge is 0.238 e. The van der Waals surface area contributed by atoms with Crippen molar-refractivity contribution >= 4 is 40.4 Å². The molecule has 1 amide bonds. The third kappa shape index (κ3) is 3.68. The van der Waals surface area contributed by atoms with E-state index in [9.17, 15) is 18.4 Å². The number of ketones is 1. The minimum absolute atomic E-state index is 0.0709. The molecule has 2 aromatic rings. The van der Waals surface area contributed by atoms with Crippen molar-refractivity contribution < 1.29 is 18.4 Å². The summed E-state index contributed by atoms with van der Waals surface area (Å²) in [6.45, 7) is 2.61. The standard InChI is InChI=1S/C21H18ClF2N3O2/c1-11-13(22)3-2-4-16(11)25-18(28)10-27-8-7-17-12(9-27)21(29)19-14(23)5-6-15(24)20(19)26-17/h2-6,12H,7-10H2,1H3,(H,25,28). The van der Waals surface area contributed by atoms with Gasteiger partial charge in [0.25, 0.3) is 0 Å². The molecule has 0 aromatic heterocycles. The highest BCUT2D eigenvalue weighted by Gasteiger charge is 2.38. The summed E-state index contributed by atoms with van der Waals surface area (Å²) in [5.41, 5.74) is 1.41. The first-order valence-corrected chi connectivity index (χ1v) is 9.60. The molecule has 8 heteroatoms. The molecule has 29 heavy (non-hydrogen) atoms. The van der Waals surface area contributed by atoms with Gasteiger partial charge in [0.05, 0.1) is 18.0 Å². The van der Waals surface area contributed by atoms with Crippen LogP contribution in [0.25, 0.3) is 0 Å². The molecule has 0 aliphatic carbocycles. The van der Waals surface area contributed by atoms with Crippen molar-refractivity contribution in [3.8, 4) is 0 Å². The monoisotopic (exact) mass is 417 g/mol. The Kier molecular flexibility index (Phi) is 5.19. The Hall–Kier alpha value is -2.64. The second kappa shape index (κ2) is 7.65. The van der Waals surface area contributed by atoms with Crippen LogP contribution in [-0.2, 0) is 4.79 Å². The van der Waals surface area contributed by atoms with Crippen LogP contribution < -0.4 is 5.32 Å². The van der Waals surface area contributed by atoms with Crippen molar-refractivity contribution in [1.29, 1.82) is 0 Å². The molecule has 1 N–H and O–H groups in total. The number of hydrogen-bond acceptors (Lipinski definition) is 4. The number of carbonyl (C=O) groups is 2. The van der Waals surface area contributed by atoms with Gasteiger partial charge in [-0.2, -0.15) is 0 Å². The molecule has 1 saturated heterocycles. The number of amides is 1. The average Bonchev–Trinajstić information content (AvgIpc) is 2.69. The van der Waals surface area contributed by atoms with Crippen molar-refractivity contribution in [2.45, 2.75) is 13.3 Å². The molecule has 0 radical (unpaired) electrons. The summed E-state index contributed by atoms with van der Waals surface area (Å²) in [4.78, 5) is 31.3. The number of nitrogens with zero attached hydrogens (tertiary/aromatic N) is 2. The van der Waals surface area contributed by atoms with Gasteiger partial charge >= 0.3 is 0 Å². The first-order chi connectivity index (χ1) is 13.8. The maximum atomic E-state index is 14.1. The van der Waals surface area contributed by atoms with Gasteiger partial charge in [0.2, 0.25) is 5.91 Å². The molecular formula is C21H18ClF2N3O2. The number of rotatable bonds is 3. The van der Waals surface area contributed by atoms with Gasteiger partial charge in [0.1, 0.15) is 17.3 Å². The highest BCUT2D eigenvalue weighted by Crippen LogP contribution is 2.35. The maximum Gasteiger partial charge on any atom is 0.238 e. The molecule has 1 atom stereocenters. The quantitative estimate of drug-likeness (QED) is 0.815. The minimum Gasteiger partial charge on any atom is -0.325 e. The van der Waals surface area contributed by atoms with Crippen LogP contribution in [0.4, 0.5) is 20.2 Å². The molecule has 0 bridgehead atoms. The highest BCUT2D eigenvalue weighted by molar-refractivity contribution is 6.31. The summed E-state index contributed by atoms with van der Waals surface area (Å²) in [7, 11) is 0. The molecule has 0 saturated carbocycles. The summed E-state index contributed by atoms with van der Waals surface area (Å²) < 4.78 is 28.1. The van der Waals surface area contributed by atoms with Crippen LogP contribution in [0.15, 0.2) is 35.3 Å². The molecule has 2 aliphatic rings. The second-order valence-electron chi connectivity index (χ2n) is 7.22. The fourth-order valence-corrected chi connectivity index (χ4v) is 3.93. The molecule has 0 spiro atoms. The lowest BCUT2D eigenvalue weighted by Gasteiger charge is -2.35. The summed E-state index contributed by atoms with van der Waals surface area (Å²) in [5.74, 6) is -2.89. The molecule has 2 aromatic carbocycles. The molecule has 4 rings (SSSR count). The first kappa shape index (κ1) is 19.7. The largest absolute Gasteiger partial charge is 0.325 e. The van der Waals surface area contributed by atoms with Crippen LogP contribution in [0.1, 0.15) is 22.3 Å². The Morgan fingerprint density at radius 2 is 2.03 bits per heavy atom. The van der Waals surface area contributed by atoms with Crippen LogP contribution in [0.2, 0.25) is 5.02 Å². The van der Waals surface area contributed by atoms with Crippen molar-refractivity contribution in [3.63, 3.8) is 0 Å².